The number of benzene rings is 1. The fraction of sp³-hybridized carbons (Fsp3) is 0.286. The first-order valence-corrected chi connectivity index (χ1v) is 8.25. The van der Waals surface area contributed by atoms with Gasteiger partial charge in [0.05, 0.1) is 17.1 Å². The Bertz CT molecular complexity index is 732. The van der Waals surface area contributed by atoms with Gasteiger partial charge in [-0.3, -0.25) is 0 Å². The molecule has 0 unspecified atom stereocenters. The molecule has 1 aromatic carbocycles. The molecule has 6 nitrogen and oxygen atoms in total. The molecule has 0 radical (unpaired) electrons. The SMILES string of the molecule is O=S(=O)(NCc1ccncn1)c1ccc2c(c1)CCCN2. The Morgan fingerprint density at radius 1 is 1.29 bits per heavy atom. The zero-order valence-electron chi connectivity index (χ0n) is 11.4. The Morgan fingerprint density at radius 2 is 2.19 bits per heavy atom. The Kier molecular flexibility index (Phi) is 3.85. The van der Waals surface area contributed by atoms with Gasteiger partial charge in [0, 0.05) is 18.4 Å². The first-order chi connectivity index (χ1) is 10.1. The van der Waals surface area contributed by atoms with Crippen LogP contribution in [-0.2, 0) is 23.0 Å². The van der Waals surface area contributed by atoms with Crippen LogP contribution in [-0.4, -0.2) is 24.9 Å². The number of hydrogen-bond acceptors (Lipinski definition) is 5. The van der Waals surface area contributed by atoms with E-state index < -0.39 is 10.0 Å². The molecule has 0 amide bonds. The van der Waals surface area contributed by atoms with Gasteiger partial charge in [-0.2, -0.15) is 0 Å². The third kappa shape index (κ3) is 3.20. The number of rotatable bonds is 4. The summed E-state index contributed by atoms with van der Waals surface area (Å²) in [5.74, 6) is 0. The van der Waals surface area contributed by atoms with Crippen LogP contribution in [0.3, 0.4) is 0 Å². The minimum absolute atomic E-state index is 0.153. The molecule has 0 spiro atoms. The molecular weight excluding hydrogens is 288 g/mol. The van der Waals surface area contributed by atoms with Gasteiger partial charge in [-0.15, -0.1) is 0 Å². The smallest absolute Gasteiger partial charge is 0.240 e. The van der Waals surface area contributed by atoms with E-state index in [1.54, 1.807) is 24.4 Å². The zero-order valence-corrected chi connectivity index (χ0v) is 12.2. The van der Waals surface area contributed by atoms with E-state index in [9.17, 15) is 8.42 Å². The van der Waals surface area contributed by atoms with Crippen LogP contribution in [0.1, 0.15) is 17.7 Å². The van der Waals surface area contributed by atoms with Crippen LogP contribution in [0.25, 0.3) is 0 Å². The molecule has 110 valence electrons. The van der Waals surface area contributed by atoms with Crippen molar-refractivity contribution in [1.29, 1.82) is 0 Å². The molecule has 7 heteroatoms. The number of fused-ring (bicyclic) bond motifs is 1. The van der Waals surface area contributed by atoms with E-state index in [-0.39, 0.29) is 6.54 Å². The molecule has 1 aliphatic rings. The quantitative estimate of drug-likeness (QED) is 0.890. The number of aryl methyl sites for hydroxylation is 1. The second kappa shape index (κ2) is 5.79. The van der Waals surface area contributed by atoms with Crippen LogP contribution >= 0.6 is 0 Å². The Morgan fingerprint density at radius 3 is 3.00 bits per heavy atom. The molecule has 0 bridgehead atoms. The lowest BCUT2D eigenvalue weighted by molar-refractivity contribution is 0.580. The first kappa shape index (κ1) is 14.0. The summed E-state index contributed by atoms with van der Waals surface area (Å²) in [6, 6.07) is 6.87. The molecule has 21 heavy (non-hydrogen) atoms. The molecule has 0 fully saturated rings. The van der Waals surface area contributed by atoms with E-state index >= 15 is 0 Å². The molecule has 3 rings (SSSR count). The highest BCUT2D eigenvalue weighted by Gasteiger charge is 2.17. The molecule has 1 aromatic heterocycles. The van der Waals surface area contributed by atoms with E-state index in [1.807, 2.05) is 6.07 Å². The van der Waals surface area contributed by atoms with Crippen molar-refractivity contribution in [1.82, 2.24) is 14.7 Å². The minimum atomic E-state index is -3.53. The highest BCUT2D eigenvalue weighted by molar-refractivity contribution is 7.89. The van der Waals surface area contributed by atoms with Crippen LogP contribution in [0.5, 0.6) is 0 Å². The number of hydrogen-bond donors (Lipinski definition) is 2. The number of anilines is 1. The Hall–Kier alpha value is -1.99. The summed E-state index contributed by atoms with van der Waals surface area (Å²) in [6.07, 6.45) is 4.90. The van der Waals surface area contributed by atoms with Crippen LogP contribution in [0.4, 0.5) is 5.69 Å². The highest BCUT2D eigenvalue weighted by Crippen LogP contribution is 2.24. The van der Waals surface area contributed by atoms with Gasteiger partial charge in [0.1, 0.15) is 6.33 Å². The molecule has 1 aliphatic heterocycles. The second-order valence-corrected chi connectivity index (χ2v) is 6.64. The maximum absolute atomic E-state index is 12.3. The summed E-state index contributed by atoms with van der Waals surface area (Å²) >= 11 is 0. The van der Waals surface area contributed by atoms with E-state index in [4.69, 9.17) is 0 Å². The fourth-order valence-electron chi connectivity index (χ4n) is 2.29. The molecule has 2 aromatic rings. The van der Waals surface area contributed by atoms with Gasteiger partial charge in [-0.1, -0.05) is 0 Å². The third-order valence-corrected chi connectivity index (χ3v) is 4.81. The third-order valence-electron chi connectivity index (χ3n) is 3.41. The second-order valence-electron chi connectivity index (χ2n) is 4.87. The predicted molar refractivity (Wildman–Crippen MR) is 79.3 cm³/mol. The van der Waals surface area contributed by atoms with Gasteiger partial charge in [-0.25, -0.2) is 23.1 Å². The summed E-state index contributed by atoms with van der Waals surface area (Å²) in [6.45, 7) is 1.09. The van der Waals surface area contributed by atoms with Gasteiger partial charge in [0.25, 0.3) is 0 Å². The van der Waals surface area contributed by atoms with E-state index in [0.717, 1.165) is 30.6 Å². The van der Waals surface area contributed by atoms with Crippen LogP contribution < -0.4 is 10.0 Å². The van der Waals surface area contributed by atoms with Crippen molar-refractivity contribution in [2.24, 2.45) is 0 Å². The van der Waals surface area contributed by atoms with Crippen molar-refractivity contribution in [2.75, 3.05) is 11.9 Å². The number of sulfonamides is 1. The first-order valence-electron chi connectivity index (χ1n) is 6.76. The lowest BCUT2D eigenvalue weighted by Gasteiger charge is -2.18. The molecule has 2 N–H and O–H groups in total. The van der Waals surface area contributed by atoms with Crippen molar-refractivity contribution in [2.45, 2.75) is 24.3 Å². The predicted octanol–water partition coefficient (Wildman–Crippen LogP) is 1.31. The number of nitrogens with one attached hydrogen (secondary N) is 2. The lowest BCUT2D eigenvalue weighted by Crippen LogP contribution is -2.24. The van der Waals surface area contributed by atoms with Gasteiger partial charge in [0.15, 0.2) is 0 Å². The highest BCUT2D eigenvalue weighted by atomic mass is 32.2. The zero-order chi connectivity index (χ0) is 14.7. The van der Waals surface area contributed by atoms with Crippen molar-refractivity contribution in [3.63, 3.8) is 0 Å². The fourth-order valence-corrected chi connectivity index (χ4v) is 3.34. The monoisotopic (exact) mass is 304 g/mol. The maximum atomic E-state index is 12.3. The Labute approximate surface area is 123 Å². The summed E-state index contributed by atoms with van der Waals surface area (Å²) in [7, 11) is -3.53. The van der Waals surface area contributed by atoms with E-state index in [0.29, 0.717) is 10.6 Å². The van der Waals surface area contributed by atoms with Gasteiger partial charge < -0.3 is 5.32 Å². The molecular formula is C14H16N4O2S. The summed E-state index contributed by atoms with van der Waals surface area (Å²) in [5, 5.41) is 3.27. The molecule has 0 saturated carbocycles. The van der Waals surface area contributed by atoms with E-state index in [1.165, 1.54) is 6.33 Å². The van der Waals surface area contributed by atoms with Crippen molar-refractivity contribution >= 4 is 15.7 Å². The summed E-state index contributed by atoms with van der Waals surface area (Å²) in [5.41, 5.74) is 2.70. The average Bonchev–Trinajstić information content (AvgIpc) is 2.53. The topological polar surface area (TPSA) is 84.0 Å². The lowest BCUT2D eigenvalue weighted by atomic mass is 10.0. The van der Waals surface area contributed by atoms with Gasteiger partial charge >= 0.3 is 0 Å². The molecule has 0 aliphatic carbocycles. The summed E-state index contributed by atoms with van der Waals surface area (Å²) < 4.78 is 27.2. The number of nitrogens with zero attached hydrogens (tertiary/aromatic N) is 2. The van der Waals surface area contributed by atoms with Crippen LogP contribution in [0, 0.1) is 0 Å². The standard InChI is InChI=1S/C14H16N4O2S/c19-21(20,18-9-12-5-7-15-10-17-12)13-3-4-14-11(8-13)2-1-6-16-14/h3-5,7-8,10,16,18H,1-2,6,9H2. The molecule has 0 atom stereocenters. The summed E-state index contributed by atoms with van der Waals surface area (Å²) in [4.78, 5) is 8.09. The van der Waals surface area contributed by atoms with Gasteiger partial charge in [-0.05, 0) is 42.7 Å². The average molecular weight is 304 g/mol. The molecule has 2 heterocycles. The van der Waals surface area contributed by atoms with Crippen LogP contribution in [0.15, 0.2) is 41.7 Å². The normalized spacial score (nSPS) is 14.3. The largest absolute Gasteiger partial charge is 0.385 e. The maximum Gasteiger partial charge on any atom is 0.240 e. The van der Waals surface area contributed by atoms with Crippen molar-refractivity contribution in [3.8, 4) is 0 Å². The van der Waals surface area contributed by atoms with Crippen molar-refractivity contribution < 1.29 is 8.42 Å². The molecule has 0 saturated heterocycles. The minimum Gasteiger partial charge on any atom is -0.385 e. The number of aromatic nitrogens is 2. The van der Waals surface area contributed by atoms with Crippen molar-refractivity contribution in [3.05, 3.63) is 48.0 Å². The van der Waals surface area contributed by atoms with E-state index in [2.05, 4.69) is 20.0 Å². The Balaban J connectivity index is 1.78. The van der Waals surface area contributed by atoms with Gasteiger partial charge in [0.2, 0.25) is 10.0 Å². The van der Waals surface area contributed by atoms with Crippen LogP contribution in [0.2, 0.25) is 0 Å².